The molecule has 0 saturated heterocycles. The van der Waals surface area contributed by atoms with Gasteiger partial charge < -0.3 is 10.1 Å². The molecule has 0 aliphatic carbocycles. The van der Waals surface area contributed by atoms with Crippen LogP contribution in [-0.2, 0) is 16.6 Å². The Balaban J connectivity index is 1.65. The van der Waals surface area contributed by atoms with Crippen LogP contribution in [0.25, 0.3) is 0 Å². The van der Waals surface area contributed by atoms with E-state index in [4.69, 9.17) is 4.74 Å². The molecule has 8 heteroatoms. The summed E-state index contributed by atoms with van der Waals surface area (Å²) in [6.07, 6.45) is 1.53. The van der Waals surface area contributed by atoms with Gasteiger partial charge in [0.05, 0.1) is 23.9 Å². The molecule has 6 nitrogen and oxygen atoms in total. The molecule has 0 saturated carbocycles. The van der Waals surface area contributed by atoms with Gasteiger partial charge >= 0.3 is 0 Å². The Morgan fingerprint density at radius 1 is 1.04 bits per heavy atom. The largest absolute Gasteiger partial charge is 0.496 e. The highest BCUT2D eigenvalue weighted by Crippen LogP contribution is 2.20. The standard InChI is InChI=1S/C19H18FN3O3S/c1-26-18-5-3-2-4-14(18)12-21-16-8-11-19(22-13-16)23-27(24,25)17-9-6-15(20)7-10-17/h2-11,13,21H,12H2,1H3,(H,22,23). The van der Waals surface area contributed by atoms with Gasteiger partial charge in [-0.3, -0.25) is 4.72 Å². The zero-order chi connectivity index (χ0) is 19.3. The highest BCUT2D eigenvalue weighted by atomic mass is 32.2. The van der Waals surface area contributed by atoms with E-state index in [-0.39, 0.29) is 10.7 Å². The van der Waals surface area contributed by atoms with Crippen LogP contribution in [0.15, 0.2) is 71.8 Å². The average molecular weight is 387 g/mol. The molecule has 0 bridgehead atoms. The van der Waals surface area contributed by atoms with Gasteiger partial charge in [-0.15, -0.1) is 0 Å². The maximum absolute atomic E-state index is 12.9. The summed E-state index contributed by atoms with van der Waals surface area (Å²) in [4.78, 5) is 4.07. The van der Waals surface area contributed by atoms with Gasteiger partial charge in [0, 0.05) is 12.1 Å². The van der Waals surface area contributed by atoms with Crippen molar-refractivity contribution in [1.82, 2.24) is 4.98 Å². The number of pyridine rings is 1. The Morgan fingerprint density at radius 2 is 1.78 bits per heavy atom. The fourth-order valence-electron chi connectivity index (χ4n) is 2.42. The predicted octanol–water partition coefficient (Wildman–Crippen LogP) is 3.64. The zero-order valence-corrected chi connectivity index (χ0v) is 15.3. The molecule has 1 heterocycles. The molecule has 27 heavy (non-hydrogen) atoms. The van der Waals surface area contributed by atoms with Crippen molar-refractivity contribution in [3.05, 3.63) is 78.2 Å². The second kappa shape index (κ2) is 8.05. The van der Waals surface area contributed by atoms with Crippen LogP contribution in [-0.4, -0.2) is 20.5 Å². The van der Waals surface area contributed by atoms with Crippen LogP contribution < -0.4 is 14.8 Å². The smallest absolute Gasteiger partial charge is 0.263 e. The van der Waals surface area contributed by atoms with Crippen LogP contribution in [0.3, 0.4) is 0 Å². The van der Waals surface area contributed by atoms with Crippen LogP contribution in [0.5, 0.6) is 5.75 Å². The van der Waals surface area contributed by atoms with Crippen LogP contribution >= 0.6 is 0 Å². The van der Waals surface area contributed by atoms with Gasteiger partial charge in [0.2, 0.25) is 0 Å². The monoisotopic (exact) mass is 387 g/mol. The molecule has 3 rings (SSSR count). The quantitative estimate of drug-likeness (QED) is 0.647. The van der Waals surface area contributed by atoms with Crippen molar-refractivity contribution in [2.45, 2.75) is 11.4 Å². The third-order valence-corrected chi connectivity index (χ3v) is 5.17. The van der Waals surface area contributed by atoms with Crippen molar-refractivity contribution in [3.63, 3.8) is 0 Å². The van der Waals surface area contributed by atoms with Crippen LogP contribution in [0, 0.1) is 5.82 Å². The van der Waals surface area contributed by atoms with E-state index in [2.05, 4.69) is 15.0 Å². The summed E-state index contributed by atoms with van der Waals surface area (Å²) in [6, 6.07) is 15.5. The summed E-state index contributed by atoms with van der Waals surface area (Å²) >= 11 is 0. The molecule has 140 valence electrons. The molecule has 0 fully saturated rings. The Morgan fingerprint density at radius 3 is 2.44 bits per heavy atom. The van der Waals surface area contributed by atoms with E-state index in [9.17, 15) is 12.8 Å². The molecular weight excluding hydrogens is 369 g/mol. The molecule has 2 aromatic carbocycles. The summed E-state index contributed by atoms with van der Waals surface area (Å²) in [5, 5.41) is 3.20. The van der Waals surface area contributed by atoms with Crippen LogP contribution in [0.4, 0.5) is 15.9 Å². The predicted molar refractivity (Wildman–Crippen MR) is 102 cm³/mol. The molecule has 1 aromatic heterocycles. The number of sulfonamides is 1. The molecule has 0 amide bonds. The third-order valence-electron chi connectivity index (χ3n) is 3.80. The highest BCUT2D eigenvalue weighted by Gasteiger charge is 2.14. The molecular formula is C19H18FN3O3S. The number of anilines is 2. The average Bonchev–Trinajstić information content (AvgIpc) is 2.68. The number of methoxy groups -OCH3 is 1. The van der Waals surface area contributed by atoms with E-state index in [0.29, 0.717) is 6.54 Å². The van der Waals surface area contributed by atoms with Gasteiger partial charge in [0.15, 0.2) is 0 Å². The summed E-state index contributed by atoms with van der Waals surface area (Å²) in [5.41, 5.74) is 1.71. The number of para-hydroxylation sites is 1. The molecule has 0 radical (unpaired) electrons. The lowest BCUT2D eigenvalue weighted by atomic mass is 10.2. The van der Waals surface area contributed by atoms with E-state index in [1.807, 2.05) is 24.3 Å². The molecule has 2 N–H and O–H groups in total. The number of rotatable bonds is 7. The zero-order valence-electron chi connectivity index (χ0n) is 14.5. The van der Waals surface area contributed by atoms with Gasteiger partial charge in [-0.2, -0.15) is 0 Å². The lowest BCUT2D eigenvalue weighted by Crippen LogP contribution is -2.14. The van der Waals surface area contributed by atoms with Gasteiger partial charge in [-0.1, -0.05) is 18.2 Å². The molecule has 0 aliphatic heterocycles. The Hall–Kier alpha value is -3.13. The summed E-state index contributed by atoms with van der Waals surface area (Å²) < 4.78 is 45.2. The normalized spacial score (nSPS) is 11.0. The lowest BCUT2D eigenvalue weighted by Gasteiger charge is -2.11. The van der Waals surface area contributed by atoms with Crippen LogP contribution in [0.1, 0.15) is 5.56 Å². The highest BCUT2D eigenvalue weighted by molar-refractivity contribution is 7.92. The van der Waals surface area contributed by atoms with E-state index >= 15 is 0 Å². The Kier molecular flexibility index (Phi) is 5.56. The Bertz CT molecular complexity index is 1010. The summed E-state index contributed by atoms with van der Waals surface area (Å²) in [5.74, 6) is 0.446. The van der Waals surface area contributed by atoms with Gasteiger partial charge in [-0.25, -0.2) is 17.8 Å². The first-order valence-corrected chi connectivity index (χ1v) is 9.56. The number of aromatic nitrogens is 1. The SMILES string of the molecule is COc1ccccc1CNc1ccc(NS(=O)(=O)c2ccc(F)cc2)nc1. The first-order valence-electron chi connectivity index (χ1n) is 8.08. The molecule has 0 atom stereocenters. The fraction of sp³-hybridized carbons (Fsp3) is 0.105. The maximum atomic E-state index is 12.9. The molecule has 0 aliphatic rings. The molecule has 0 spiro atoms. The Labute approximate surface area is 157 Å². The van der Waals surface area contributed by atoms with E-state index < -0.39 is 15.8 Å². The number of halogens is 1. The second-order valence-electron chi connectivity index (χ2n) is 5.66. The first-order chi connectivity index (χ1) is 13.0. The summed E-state index contributed by atoms with van der Waals surface area (Å²) in [6.45, 7) is 0.534. The number of nitrogens with one attached hydrogen (secondary N) is 2. The molecule has 0 unspecified atom stereocenters. The number of hydrogen-bond donors (Lipinski definition) is 2. The first kappa shape index (κ1) is 18.7. The van der Waals surface area contributed by atoms with Crippen molar-refractivity contribution < 1.29 is 17.5 Å². The minimum atomic E-state index is -3.82. The van der Waals surface area contributed by atoms with Crippen molar-refractivity contribution in [1.29, 1.82) is 0 Å². The third kappa shape index (κ3) is 4.73. The van der Waals surface area contributed by atoms with Crippen LogP contribution in [0.2, 0.25) is 0 Å². The van der Waals surface area contributed by atoms with E-state index in [1.54, 1.807) is 19.2 Å². The van der Waals surface area contributed by atoms with Gasteiger partial charge in [-0.05, 0) is 42.5 Å². The van der Waals surface area contributed by atoms with Crippen molar-refractivity contribution >= 4 is 21.5 Å². The van der Waals surface area contributed by atoms with Crippen molar-refractivity contribution in [2.24, 2.45) is 0 Å². The minimum Gasteiger partial charge on any atom is -0.496 e. The fourth-order valence-corrected chi connectivity index (χ4v) is 3.42. The lowest BCUT2D eigenvalue weighted by molar-refractivity contribution is 0.410. The number of nitrogens with zero attached hydrogens (tertiary/aromatic N) is 1. The molecule has 3 aromatic rings. The van der Waals surface area contributed by atoms with Crippen molar-refractivity contribution in [3.8, 4) is 5.75 Å². The van der Waals surface area contributed by atoms with E-state index in [1.165, 1.54) is 18.3 Å². The summed E-state index contributed by atoms with van der Waals surface area (Å²) in [7, 11) is -2.21. The minimum absolute atomic E-state index is 0.0379. The second-order valence-corrected chi connectivity index (χ2v) is 7.34. The van der Waals surface area contributed by atoms with Gasteiger partial charge in [0.1, 0.15) is 17.4 Å². The van der Waals surface area contributed by atoms with E-state index in [0.717, 1.165) is 29.1 Å². The number of benzene rings is 2. The maximum Gasteiger partial charge on any atom is 0.263 e. The topological polar surface area (TPSA) is 80.3 Å². The van der Waals surface area contributed by atoms with Crippen molar-refractivity contribution in [2.75, 3.05) is 17.1 Å². The number of ether oxygens (including phenoxy) is 1. The number of hydrogen-bond acceptors (Lipinski definition) is 5. The van der Waals surface area contributed by atoms with Gasteiger partial charge in [0.25, 0.3) is 10.0 Å².